The number of aryl methyl sites for hydroxylation is 1. The van der Waals surface area contributed by atoms with Crippen LogP contribution in [0.15, 0.2) is 0 Å². The molecular weight excluding hydrogens is 186 g/mol. The number of aromatic nitrogens is 2. The van der Waals surface area contributed by atoms with E-state index in [9.17, 15) is 0 Å². The summed E-state index contributed by atoms with van der Waals surface area (Å²) < 4.78 is 2.07. The van der Waals surface area contributed by atoms with Gasteiger partial charge in [-0.05, 0) is 31.4 Å². The van der Waals surface area contributed by atoms with Gasteiger partial charge in [-0.1, -0.05) is 13.8 Å². The number of rotatable bonds is 2. The lowest BCUT2D eigenvalue weighted by Crippen LogP contribution is -2.27. The Morgan fingerprint density at radius 1 is 1.33 bits per heavy atom. The maximum absolute atomic E-state index is 4.66. The molecule has 0 saturated heterocycles. The van der Waals surface area contributed by atoms with Crippen molar-refractivity contribution in [2.75, 3.05) is 13.6 Å². The van der Waals surface area contributed by atoms with E-state index in [0.29, 0.717) is 5.92 Å². The number of likely N-dealkylation sites (N-methyl/N-ethyl adjacent to an activating group) is 1. The van der Waals surface area contributed by atoms with E-state index >= 15 is 0 Å². The molecule has 0 saturated carbocycles. The molecule has 1 aliphatic rings. The predicted octanol–water partition coefficient (Wildman–Crippen LogP) is 1.61. The third-order valence-electron chi connectivity index (χ3n) is 3.12. The van der Waals surface area contributed by atoms with Crippen molar-refractivity contribution in [3.63, 3.8) is 0 Å². The van der Waals surface area contributed by atoms with Gasteiger partial charge in [0.1, 0.15) is 0 Å². The molecular formula is C12H21N3. The van der Waals surface area contributed by atoms with E-state index in [1.165, 1.54) is 29.9 Å². The Morgan fingerprint density at radius 3 is 2.73 bits per heavy atom. The van der Waals surface area contributed by atoms with Crippen molar-refractivity contribution in [3.8, 4) is 0 Å². The van der Waals surface area contributed by atoms with E-state index in [2.05, 4.69) is 42.6 Å². The Bertz CT molecular complexity index is 352. The van der Waals surface area contributed by atoms with E-state index in [-0.39, 0.29) is 0 Å². The number of hydrogen-bond donors (Lipinski definition) is 0. The Morgan fingerprint density at radius 2 is 2.07 bits per heavy atom. The molecule has 15 heavy (non-hydrogen) atoms. The van der Waals surface area contributed by atoms with Gasteiger partial charge in [0.25, 0.3) is 0 Å². The highest BCUT2D eigenvalue weighted by molar-refractivity contribution is 5.29. The quantitative estimate of drug-likeness (QED) is 0.734. The first-order valence-corrected chi connectivity index (χ1v) is 5.80. The van der Waals surface area contributed by atoms with Crippen LogP contribution in [0.5, 0.6) is 0 Å². The summed E-state index contributed by atoms with van der Waals surface area (Å²) in [5.74, 6) is 0.698. The van der Waals surface area contributed by atoms with E-state index in [0.717, 1.165) is 13.0 Å². The highest BCUT2D eigenvalue weighted by Crippen LogP contribution is 2.22. The van der Waals surface area contributed by atoms with Crippen molar-refractivity contribution in [2.45, 2.75) is 33.2 Å². The fourth-order valence-corrected chi connectivity index (χ4v) is 2.34. The van der Waals surface area contributed by atoms with Crippen LogP contribution >= 0.6 is 0 Å². The van der Waals surface area contributed by atoms with Gasteiger partial charge < -0.3 is 4.90 Å². The summed E-state index contributed by atoms with van der Waals surface area (Å²) in [5.41, 5.74) is 4.26. The lowest BCUT2D eigenvalue weighted by Gasteiger charge is -2.23. The molecule has 1 aromatic heterocycles. The van der Waals surface area contributed by atoms with Crippen LogP contribution in [0.1, 0.15) is 30.8 Å². The lowest BCUT2D eigenvalue weighted by atomic mass is 9.99. The predicted molar refractivity (Wildman–Crippen MR) is 61.8 cm³/mol. The van der Waals surface area contributed by atoms with Crippen LogP contribution in [0.3, 0.4) is 0 Å². The van der Waals surface area contributed by atoms with Crippen LogP contribution in [0.2, 0.25) is 0 Å². The normalized spacial score (nSPS) is 17.1. The van der Waals surface area contributed by atoms with Crippen LogP contribution in [0.4, 0.5) is 0 Å². The second kappa shape index (κ2) is 3.97. The molecule has 0 radical (unpaired) electrons. The first kappa shape index (κ1) is 10.7. The molecule has 0 bridgehead atoms. The van der Waals surface area contributed by atoms with Crippen molar-refractivity contribution >= 4 is 0 Å². The highest BCUT2D eigenvalue weighted by Gasteiger charge is 2.21. The zero-order valence-corrected chi connectivity index (χ0v) is 10.2. The van der Waals surface area contributed by atoms with Gasteiger partial charge in [-0.3, -0.25) is 4.68 Å². The summed E-state index contributed by atoms with van der Waals surface area (Å²) >= 11 is 0. The Labute approximate surface area is 92.1 Å². The van der Waals surface area contributed by atoms with Gasteiger partial charge in [0.05, 0.1) is 11.4 Å². The third-order valence-corrected chi connectivity index (χ3v) is 3.12. The average Bonchev–Trinajstić information content (AvgIpc) is 2.42. The summed E-state index contributed by atoms with van der Waals surface area (Å²) in [6.45, 7) is 6.74. The van der Waals surface area contributed by atoms with Gasteiger partial charge in [0.2, 0.25) is 0 Å². The minimum atomic E-state index is 0.698. The van der Waals surface area contributed by atoms with Crippen LogP contribution in [-0.4, -0.2) is 28.3 Å². The molecule has 1 aliphatic heterocycles. The Balaban J connectivity index is 2.31. The molecule has 0 unspecified atom stereocenters. The average molecular weight is 207 g/mol. The first-order chi connectivity index (χ1) is 7.08. The largest absolute Gasteiger partial charge is 0.300 e. The summed E-state index contributed by atoms with van der Waals surface area (Å²) in [6.07, 6.45) is 2.29. The second-order valence-corrected chi connectivity index (χ2v) is 5.08. The van der Waals surface area contributed by atoms with E-state index in [1.807, 2.05) is 0 Å². The molecule has 0 aliphatic carbocycles. The van der Waals surface area contributed by atoms with Crippen molar-refractivity contribution in [1.82, 2.24) is 14.7 Å². The zero-order valence-electron chi connectivity index (χ0n) is 10.2. The molecule has 1 aromatic rings. The standard InChI is InChI=1S/C12H21N3/c1-9(2)7-11-10-5-6-14(3)8-12(10)15(4)13-11/h9H,5-8H2,1-4H3. The molecule has 0 fully saturated rings. The van der Waals surface area contributed by atoms with Crippen LogP contribution < -0.4 is 0 Å². The molecule has 0 N–H and O–H groups in total. The van der Waals surface area contributed by atoms with E-state index in [4.69, 9.17) is 0 Å². The van der Waals surface area contributed by atoms with Gasteiger partial charge in [0.15, 0.2) is 0 Å². The summed E-state index contributed by atoms with van der Waals surface area (Å²) in [5, 5.41) is 4.66. The molecule has 0 atom stereocenters. The maximum atomic E-state index is 4.66. The fraction of sp³-hybridized carbons (Fsp3) is 0.750. The van der Waals surface area contributed by atoms with Crippen LogP contribution in [0.25, 0.3) is 0 Å². The Hall–Kier alpha value is -0.830. The topological polar surface area (TPSA) is 21.1 Å². The minimum Gasteiger partial charge on any atom is -0.300 e. The van der Waals surface area contributed by atoms with Crippen LogP contribution in [0, 0.1) is 5.92 Å². The summed E-state index contributed by atoms with van der Waals surface area (Å²) in [7, 11) is 4.25. The van der Waals surface area contributed by atoms with E-state index < -0.39 is 0 Å². The lowest BCUT2D eigenvalue weighted by molar-refractivity contribution is 0.302. The molecule has 3 nitrogen and oxygen atoms in total. The highest BCUT2D eigenvalue weighted by atomic mass is 15.3. The van der Waals surface area contributed by atoms with Crippen LogP contribution in [-0.2, 0) is 26.4 Å². The third kappa shape index (κ3) is 2.07. The fourth-order valence-electron chi connectivity index (χ4n) is 2.34. The smallest absolute Gasteiger partial charge is 0.0662 e. The molecule has 2 heterocycles. The van der Waals surface area contributed by atoms with Gasteiger partial charge in [-0.15, -0.1) is 0 Å². The van der Waals surface area contributed by atoms with Crippen molar-refractivity contribution in [2.24, 2.45) is 13.0 Å². The van der Waals surface area contributed by atoms with Gasteiger partial charge in [-0.2, -0.15) is 5.10 Å². The minimum absolute atomic E-state index is 0.698. The maximum Gasteiger partial charge on any atom is 0.0662 e. The number of nitrogens with zero attached hydrogens (tertiary/aromatic N) is 3. The summed E-state index contributed by atoms with van der Waals surface area (Å²) in [4.78, 5) is 2.36. The molecule has 84 valence electrons. The number of fused-ring (bicyclic) bond motifs is 1. The van der Waals surface area contributed by atoms with Crippen molar-refractivity contribution in [3.05, 3.63) is 17.0 Å². The molecule has 0 aromatic carbocycles. The zero-order chi connectivity index (χ0) is 11.0. The van der Waals surface area contributed by atoms with Gasteiger partial charge >= 0.3 is 0 Å². The van der Waals surface area contributed by atoms with Crippen molar-refractivity contribution in [1.29, 1.82) is 0 Å². The SMILES string of the molecule is CC(C)Cc1nn(C)c2c1CCN(C)C2. The molecule has 0 amide bonds. The monoisotopic (exact) mass is 207 g/mol. The number of hydrogen-bond acceptors (Lipinski definition) is 2. The second-order valence-electron chi connectivity index (χ2n) is 5.08. The molecule has 0 spiro atoms. The van der Waals surface area contributed by atoms with E-state index in [1.54, 1.807) is 0 Å². The Kier molecular flexibility index (Phi) is 2.83. The first-order valence-electron chi connectivity index (χ1n) is 5.80. The van der Waals surface area contributed by atoms with Gasteiger partial charge in [0, 0.05) is 20.1 Å². The van der Waals surface area contributed by atoms with Gasteiger partial charge in [-0.25, -0.2) is 0 Å². The van der Waals surface area contributed by atoms with Crippen molar-refractivity contribution < 1.29 is 0 Å². The summed E-state index contributed by atoms with van der Waals surface area (Å²) in [6, 6.07) is 0. The molecule has 3 heteroatoms. The molecule has 2 rings (SSSR count).